The van der Waals surface area contributed by atoms with Crippen LogP contribution >= 0.6 is 0 Å². The van der Waals surface area contributed by atoms with Gasteiger partial charge in [0, 0.05) is 11.0 Å². The molecule has 4 aromatic rings. The first-order valence-corrected chi connectivity index (χ1v) is 10.6. The number of aromatic nitrogens is 2. The van der Waals surface area contributed by atoms with Crippen LogP contribution in [-0.4, -0.2) is 16.7 Å². The second kappa shape index (κ2) is 9.58. The molecule has 4 rings (SSSR count). The van der Waals surface area contributed by atoms with Crippen molar-refractivity contribution in [1.29, 1.82) is 0 Å². The second-order valence-corrected chi connectivity index (χ2v) is 7.86. The van der Waals surface area contributed by atoms with Crippen molar-refractivity contribution in [3.63, 3.8) is 0 Å². The van der Waals surface area contributed by atoms with Crippen LogP contribution in [0.5, 0.6) is 0 Å². The van der Waals surface area contributed by atoms with E-state index in [1.165, 1.54) is 12.1 Å². The summed E-state index contributed by atoms with van der Waals surface area (Å²) in [6.07, 6.45) is 0. The normalized spacial score (nSPS) is 10.8. The van der Waals surface area contributed by atoms with E-state index in [0.29, 0.717) is 20.3 Å². The maximum absolute atomic E-state index is 13.1. The largest absolute Gasteiger partial charge is 0.805 e. The average Bonchev–Trinajstić information content (AvgIpc) is 2.85. The van der Waals surface area contributed by atoms with E-state index in [2.05, 4.69) is 0 Å². The molecule has 0 aliphatic heterocycles. The summed E-state index contributed by atoms with van der Waals surface area (Å²) in [6.45, 7) is 2.84. The van der Waals surface area contributed by atoms with Crippen molar-refractivity contribution >= 4 is 23.0 Å². The van der Waals surface area contributed by atoms with Gasteiger partial charge in [0.1, 0.15) is 17.8 Å². The van der Waals surface area contributed by atoms with E-state index in [1.807, 2.05) is 13.8 Å². The van der Waals surface area contributed by atoms with Crippen molar-refractivity contribution in [2.24, 2.45) is 0 Å². The highest BCUT2D eigenvalue weighted by Gasteiger charge is 2.25. The van der Waals surface area contributed by atoms with E-state index in [9.17, 15) is 19.7 Å². The second-order valence-electron chi connectivity index (χ2n) is 7.86. The maximum Gasteiger partial charge on any atom is 0.338 e. The molecule has 3 aromatic carbocycles. The number of carbonyl (C=O) groups excluding carboxylic acids is 2. The predicted octanol–water partition coefficient (Wildman–Crippen LogP) is 4.23. The number of carbonyl (C=O) groups is 2. The molecule has 0 spiro atoms. The fraction of sp³-hybridized carbons (Fsp3) is 0.154. The lowest BCUT2D eigenvalue weighted by Gasteiger charge is -2.19. The number of ether oxygens (including phenoxy) is 2. The molecule has 8 nitrogen and oxygen atoms in total. The summed E-state index contributed by atoms with van der Waals surface area (Å²) >= 11 is 0. The quantitative estimate of drug-likeness (QED) is 0.316. The minimum Gasteiger partial charge on any atom is -0.805 e. The van der Waals surface area contributed by atoms with Crippen molar-refractivity contribution in [2.45, 2.75) is 27.1 Å². The van der Waals surface area contributed by atoms with Crippen LogP contribution in [0.25, 0.3) is 11.0 Å². The molecular weight excluding hydrogens is 436 g/mol. The number of hydrogen-bond donors (Lipinski definition) is 0. The Balaban J connectivity index is 1.64. The zero-order valence-corrected chi connectivity index (χ0v) is 18.7. The van der Waals surface area contributed by atoms with Gasteiger partial charge in [-0.2, -0.15) is 0 Å². The van der Waals surface area contributed by atoms with Crippen LogP contribution in [0.2, 0.25) is 0 Å². The number of fused-ring (bicyclic) bond motifs is 1. The van der Waals surface area contributed by atoms with Crippen LogP contribution in [0, 0.1) is 24.0 Å². The summed E-state index contributed by atoms with van der Waals surface area (Å²) in [5.74, 6) is -1.29. The van der Waals surface area contributed by atoms with Crippen LogP contribution in [0.15, 0.2) is 72.8 Å². The number of esters is 2. The minimum atomic E-state index is -0.645. The zero-order chi connectivity index (χ0) is 24.2. The summed E-state index contributed by atoms with van der Waals surface area (Å²) in [6, 6.07) is 19.7. The number of hydrogen-bond acceptors (Lipinski definition) is 6. The first-order chi connectivity index (χ1) is 16.3. The van der Waals surface area contributed by atoms with Gasteiger partial charge in [-0.05, 0) is 44.2 Å². The third kappa shape index (κ3) is 4.66. The number of benzene rings is 3. The molecule has 0 radical (unpaired) electrons. The van der Waals surface area contributed by atoms with Crippen molar-refractivity contribution < 1.29 is 23.5 Å². The van der Waals surface area contributed by atoms with E-state index in [1.54, 1.807) is 60.7 Å². The molecule has 0 aliphatic rings. The average molecular weight is 458 g/mol. The van der Waals surface area contributed by atoms with Gasteiger partial charge in [0.15, 0.2) is 6.61 Å². The molecule has 0 bridgehead atoms. The van der Waals surface area contributed by atoms with E-state index in [0.717, 1.165) is 11.1 Å². The molecule has 1 heterocycles. The third-order valence-corrected chi connectivity index (χ3v) is 5.40. The lowest BCUT2D eigenvalue weighted by molar-refractivity contribution is -0.479. The van der Waals surface area contributed by atoms with Crippen molar-refractivity contribution in [1.82, 2.24) is 4.73 Å². The Kier molecular flexibility index (Phi) is 6.40. The van der Waals surface area contributed by atoms with Gasteiger partial charge in [-0.15, -0.1) is 0 Å². The summed E-state index contributed by atoms with van der Waals surface area (Å²) in [4.78, 5) is 38.0. The van der Waals surface area contributed by atoms with E-state index in [4.69, 9.17) is 9.47 Å². The molecule has 1 aromatic heterocycles. The van der Waals surface area contributed by atoms with Gasteiger partial charge in [0.25, 0.3) is 11.2 Å². The van der Waals surface area contributed by atoms with Gasteiger partial charge < -0.3 is 19.4 Å². The SMILES string of the molecule is Cc1ccc(C(=O)OCc2c(COC(=O)c3ccc(C)cc3)[n+](=O)c3ccccc3n2[O-])cc1. The van der Waals surface area contributed by atoms with Gasteiger partial charge >= 0.3 is 11.9 Å². The Bertz CT molecular complexity index is 1420. The summed E-state index contributed by atoms with van der Waals surface area (Å²) in [5.41, 5.74) is 2.55. The Labute approximate surface area is 195 Å². The molecule has 0 atom stereocenters. The molecule has 0 saturated carbocycles. The lowest BCUT2D eigenvalue weighted by Crippen LogP contribution is -2.30. The van der Waals surface area contributed by atoms with Crippen molar-refractivity contribution in [3.8, 4) is 0 Å². The molecule has 0 unspecified atom stereocenters. The number of para-hydroxylation sites is 2. The monoisotopic (exact) mass is 458 g/mol. The lowest BCUT2D eigenvalue weighted by atomic mass is 10.1. The van der Waals surface area contributed by atoms with E-state index >= 15 is 0 Å². The fourth-order valence-corrected chi connectivity index (χ4v) is 3.43. The summed E-state index contributed by atoms with van der Waals surface area (Å²) < 4.78 is 11.7. The molecule has 0 fully saturated rings. The Morgan fingerprint density at radius 3 is 1.85 bits per heavy atom. The molecule has 0 amide bonds. The number of aryl methyl sites for hydroxylation is 2. The highest BCUT2D eigenvalue weighted by atomic mass is 16.5. The van der Waals surface area contributed by atoms with Crippen LogP contribution in [0.4, 0.5) is 0 Å². The predicted molar refractivity (Wildman–Crippen MR) is 125 cm³/mol. The highest BCUT2D eigenvalue weighted by molar-refractivity contribution is 5.90. The standard InChI is InChI=1S/C26H22N2O6/c1-17-7-11-19(12-8-17)25(29)33-15-23-24(16-34-26(30)20-13-9-18(2)10-14-20)28(32)22-6-4-3-5-21(22)27(23)31/h3-14H,15-16H2,1-2H3. The molecule has 0 N–H and O–H groups in total. The topological polar surface area (TPSA) is 104 Å². The van der Waals surface area contributed by atoms with Crippen molar-refractivity contribution in [3.05, 3.63) is 117 Å². The minimum absolute atomic E-state index is 0.104. The van der Waals surface area contributed by atoms with Crippen LogP contribution in [-0.2, 0) is 22.7 Å². The zero-order valence-electron chi connectivity index (χ0n) is 18.7. The fourth-order valence-electron chi connectivity index (χ4n) is 3.43. The molecule has 172 valence electrons. The Morgan fingerprint density at radius 1 is 0.794 bits per heavy atom. The van der Waals surface area contributed by atoms with Crippen LogP contribution in [0.1, 0.15) is 43.2 Å². The van der Waals surface area contributed by atoms with E-state index < -0.39 is 25.2 Å². The van der Waals surface area contributed by atoms with Gasteiger partial charge in [-0.3, -0.25) is 0 Å². The molecule has 34 heavy (non-hydrogen) atoms. The molecule has 8 heteroatoms. The van der Waals surface area contributed by atoms with Crippen LogP contribution in [0.3, 0.4) is 0 Å². The first-order valence-electron chi connectivity index (χ1n) is 10.6. The molecule has 0 aliphatic carbocycles. The Morgan fingerprint density at radius 2 is 1.29 bits per heavy atom. The van der Waals surface area contributed by atoms with Gasteiger partial charge in [-0.1, -0.05) is 47.5 Å². The summed E-state index contributed by atoms with van der Waals surface area (Å²) in [7, 11) is 0. The number of nitrogens with zero attached hydrogens (tertiary/aromatic N) is 2. The first kappa shape index (κ1) is 22.7. The van der Waals surface area contributed by atoms with Gasteiger partial charge in [-0.25, -0.2) is 9.59 Å². The van der Waals surface area contributed by atoms with Crippen LogP contribution < -0.4 is 4.43 Å². The number of rotatable bonds is 6. The smallest absolute Gasteiger partial charge is 0.338 e. The molecular formula is C26H22N2O6. The highest BCUT2D eigenvalue weighted by Crippen LogP contribution is 2.18. The van der Waals surface area contributed by atoms with Crippen molar-refractivity contribution in [2.75, 3.05) is 0 Å². The Hall–Kier alpha value is -4.46. The van der Waals surface area contributed by atoms with E-state index in [-0.39, 0.29) is 22.4 Å². The summed E-state index contributed by atoms with van der Waals surface area (Å²) in [5, 5.41) is 13.1. The third-order valence-electron chi connectivity index (χ3n) is 5.40. The molecule has 0 saturated heterocycles. The van der Waals surface area contributed by atoms with Gasteiger partial charge in [0.05, 0.1) is 15.6 Å². The van der Waals surface area contributed by atoms with Gasteiger partial charge in [0.2, 0.25) is 0 Å². The maximum atomic E-state index is 13.1.